The minimum atomic E-state index is -0.110. The van der Waals surface area contributed by atoms with Gasteiger partial charge in [-0.1, -0.05) is 72.8 Å². The fourth-order valence-electron chi connectivity index (χ4n) is 4.98. The van der Waals surface area contributed by atoms with E-state index in [2.05, 4.69) is 53.9 Å². The van der Waals surface area contributed by atoms with Crippen molar-refractivity contribution in [2.75, 3.05) is 7.11 Å². The molecule has 1 N–H and O–H groups in total. The van der Waals surface area contributed by atoms with Crippen molar-refractivity contribution in [3.63, 3.8) is 0 Å². The first-order valence-electron chi connectivity index (χ1n) is 12.1. The number of carbonyl (C=O) groups is 1. The Morgan fingerprint density at radius 1 is 0.829 bits per heavy atom. The Morgan fingerprint density at radius 2 is 1.60 bits per heavy atom. The van der Waals surface area contributed by atoms with Gasteiger partial charge in [-0.05, 0) is 76.2 Å². The third-order valence-electron chi connectivity index (χ3n) is 6.73. The highest BCUT2D eigenvalue weighted by atomic mass is 16.5. The molecule has 0 saturated carbocycles. The standard InChI is InChI=1S/C26H22O2.C6H7N/c1-28-25-9-5-4-8-23(25)26(27)19-11-10-18-13-14-21-20-7-3-2-6-17(20)12-15-22(21)24(18)16-19;1-2-4-6-7-5-3-1/h2-9,13-16,19H,10-12H2,1H3;1-7H. The maximum atomic E-state index is 13.2. The normalized spacial score (nSPS) is 16.5. The van der Waals surface area contributed by atoms with Crippen LogP contribution in [0.3, 0.4) is 0 Å². The quantitative estimate of drug-likeness (QED) is 0.554. The van der Waals surface area contributed by atoms with E-state index in [0.717, 1.165) is 19.3 Å². The monoisotopic (exact) mass is 459 g/mol. The zero-order valence-electron chi connectivity index (χ0n) is 19.9. The average Bonchev–Trinajstić information content (AvgIpc) is 3.26. The molecule has 35 heavy (non-hydrogen) atoms. The molecule has 2 aliphatic carbocycles. The molecule has 1 atom stereocenters. The first-order chi connectivity index (χ1) is 17.3. The SMILES string of the molecule is C1=CC=CNC=C1.COc1ccccc1C(=O)C1C=c2c(ccc3c2=CCc2ccccc2-3)CC1. The van der Waals surface area contributed by atoms with E-state index >= 15 is 0 Å². The Kier molecular flexibility index (Phi) is 6.76. The molecule has 6 rings (SSSR count). The second-order valence-corrected chi connectivity index (χ2v) is 8.81. The van der Waals surface area contributed by atoms with Crippen molar-refractivity contribution in [3.05, 3.63) is 124 Å². The Labute approximate surface area is 206 Å². The number of rotatable bonds is 3. The smallest absolute Gasteiger partial charge is 0.173 e. The molecule has 3 nitrogen and oxygen atoms in total. The number of para-hydroxylation sites is 1. The summed E-state index contributed by atoms with van der Waals surface area (Å²) in [5, 5.41) is 5.45. The van der Waals surface area contributed by atoms with Crippen LogP contribution in [0.15, 0.2) is 97.4 Å². The minimum Gasteiger partial charge on any atom is -0.496 e. The molecule has 3 aliphatic rings. The topological polar surface area (TPSA) is 38.3 Å². The summed E-state index contributed by atoms with van der Waals surface area (Å²) in [6.07, 6.45) is 18.8. The molecule has 174 valence electrons. The van der Waals surface area contributed by atoms with E-state index in [1.165, 1.54) is 32.7 Å². The molecule has 3 aromatic carbocycles. The maximum Gasteiger partial charge on any atom is 0.173 e. The Balaban J connectivity index is 0.000000313. The van der Waals surface area contributed by atoms with Crippen LogP contribution in [0.5, 0.6) is 5.75 Å². The summed E-state index contributed by atoms with van der Waals surface area (Å²) < 4.78 is 5.42. The summed E-state index contributed by atoms with van der Waals surface area (Å²) in [5.41, 5.74) is 5.98. The number of nitrogens with one attached hydrogen (secondary N) is 1. The van der Waals surface area contributed by atoms with Gasteiger partial charge in [0.2, 0.25) is 0 Å². The Bertz CT molecular complexity index is 1450. The summed E-state index contributed by atoms with van der Waals surface area (Å²) in [5.74, 6) is 0.695. The summed E-state index contributed by atoms with van der Waals surface area (Å²) >= 11 is 0. The lowest BCUT2D eigenvalue weighted by Crippen LogP contribution is -2.37. The molecule has 0 saturated heterocycles. The molecule has 0 amide bonds. The fourth-order valence-corrected chi connectivity index (χ4v) is 4.98. The first-order valence-corrected chi connectivity index (χ1v) is 12.1. The van der Waals surface area contributed by atoms with Gasteiger partial charge in [-0.3, -0.25) is 4.79 Å². The molecule has 1 heterocycles. The lowest BCUT2D eigenvalue weighted by atomic mass is 9.82. The Hall–Kier alpha value is -4.11. The predicted octanol–water partition coefficient (Wildman–Crippen LogP) is 5.10. The number of hydrogen-bond acceptors (Lipinski definition) is 3. The number of ketones is 1. The van der Waals surface area contributed by atoms with Gasteiger partial charge in [-0.2, -0.15) is 0 Å². The van der Waals surface area contributed by atoms with Gasteiger partial charge in [0.05, 0.1) is 12.7 Å². The third-order valence-corrected chi connectivity index (χ3v) is 6.73. The van der Waals surface area contributed by atoms with Gasteiger partial charge in [0.15, 0.2) is 5.78 Å². The van der Waals surface area contributed by atoms with Gasteiger partial charge in [-0.15, -0.1) is 0 Å². The van der Waals surface area contributed by atoms with E-state index in [1.807, 2.05) is 61.0 Å². The third kappa shape index (κ3) is 4.76. The maximum absolute atomic E-state index is 13.2. The van der Waals surface area contributed by atoms with Crippen LogP contribution in [0.25, 0.3) is 23.3 Å². The van der Waals surface area contributed by atoms with Gasteiger partial charge in [0.25, 0.3) is 0 Å². The van der Waals surface area contributed by atoms with E-state index in [-0.39, 0.29) is 11.7 Å². The first kappa shape index (κ1) is 22.7. The number of allylic oxidation sites excluding steroid dienone is 4. The van der Waals surface area contributed by atoms with Crippen molar-refractivity contribution in [1.29, 1.82) is 0 Å². The largest absolute Gasteiger partial charge is 0.496 e. The van der Waals surface area contributed by atoms with E-state index in [4.69, 9.17) is 4.74 Å². The molecule has 0 bridgehead atoms. The van der Waals surface area contributed by atoms with E-state index in [1.54, 1.807) is 7.11 Å². The van der Waals surface area contributed by atoms with Crippen LogP contribution in [-0.4, -0.2) is 12.9 Å². The van der Waals surface area contributed by atoms with E-state index in [9.17, 15) is 4.79 Å². The fraction of sp³-hybridized carbons (Fsp3) is 0.156. The summed E-state index contributed by atoms with van der Waals surface area (Å²) in [4.78, 5) is 13.2. The van der Waals surface area contributed by atoms with Gasteiger partial charge in [0, 0.05) is 18.3 Å². The summed E-state index contributed by atoms with van der Waals surface area (Å²) in [6, 6.07) is 20.6. The minimum absolute atomic E-state index is 0.110. The zero-order chi connectivity index (χ0) is 24.0. The number of benzene rings is 3. The van der Waals surface area contributed by atoms with Crippen LogP contribution in [-0.2, 0) is 12.8 Å². The van der Waals surface area contributed by atoms with Crippen LogP contribution in [0.2, 0.25) is 0 Å². The second-order valence-electron chi connectivity index (χ2n) is 8.81. The highest BCUT2D eigenvalue weighted by Gasteiger charge is 2.24. The van der Waals surface area contributed by atoms with Crippen LogP contribution in [0.1, 0.15) is 27.9 Å². The highest BCUT2D eigenvalue weighted by molar-refractivity contribution is 6.03. The number of aryl methyl sites for hydroxylation is 1. The van der Waals surface area contributed by atoms with Crippen molar-refractivity contribution >= 4 is 17.9 Å². The second kappa shape index (κ2) is 10.4. The molecule has 0 fully saturated rings. The van der Waals surface area contributed by atoms with Crippen molar-refractivity contribution in [2.24, 2.45) is 5.92 Å². The van der Waals surface area contributed by atoms with Crippen LogP contribution in [0.4, 0.5) is 0 Å². The number of methoxy groups -OCH3 is 1. The number of fused-ring (bicyclic) bond motifs is 5. The molecular formula is C32H29NO2. The van der Waals surface area contributed by atoms with Crippen molar-refractivity contribution in [2.45, 2.75) is 19.3 Å². The number of carbonyl (C=O) groups excluding carboxylic acids is 1. The lowest BCUT2D eigenvalue weighted by Gasteiger charge is -2.22. The molecule has 3 aromatic rings. The van der Waals surface area contributed by atoms with E-state index in [0.29, 0.717) is 11.3 Å². The van der Waals surface area contributed by atoms with Crippen LogP contribution in [0, 0.1) is 5.92 Å². The molecule has 1 aliphatic heterocycles. The van der Waals surface area contributed by atoms with Gasteiger partial charge in [0.1, 0.15) is 5.75 Å². The molecule has 0 radical (unpaired) electrons. The summed E-state index contributed by atoms with van der Waals surface area (Å²) in [7, 11) is 1.62. The van der Waals surface area contributed by atoms with E-state index < -0.39 is 0 Å². The highest BCUT2D eigenvalue weighted by Crippen LogP contribution is 2.27. The average molecular weight is 460 g/mol. The number of ether oxygens (including phenoxy) is 1. The summed E-state index contributed by atoms with van der Waals surface area (Å²) in [6.45, 7) is 0. The molecule has 0 aromatic heterocycles. The molecule has 0 spiro atoms. The van der Waals surface area contributed by atoms with Gasteiger partial charge in [-0.25, -0.2) is 0 Å². The number of Topliss-reactive ketones (excluding diaryl/α,β-unsaturated/α-hetero) is 1. The van der Waals surface area contributed by atoms with Crippen molar-refractivity contribution in [1.82, 2.24) is 5.32 Å². The lowest BCUT2D eigenvalue weighted by molar-refractivity contribution is 0.0943. The predicted molar refractivity (Wildman–Crippen MR) is 143 cm³/mol. The van der Waals surface area contributed by atoms with Crippen molar-refractivity contribution in [3.8, 4) is 16.9 Å². The van der Waals surface area contributed by atoms with Gasteiger partial charge < -0.3 is 10.1 Å². The zero-order valence-corrected chi connectivity index (χ0v) is 19.9. The molecular weight excluding hydrogens is 430 g/mol. The van der Waals surface area contributed by atoms with Crippen LogP contribution < -0.4 is 20.5 Å². The molecule has 3 heteroatoms. The Morgan fingerprint density at radius 3 is 2.43 bits per heavy atom. The number of hydrogen-bond donors (Lipinski definition) is 1. The van der Waals surface area contributed by atoms with Crippen LogP contribution >= 0.6 is 0 Å². The van der Waals surface area contributed by atoms with Crippen molar-refractivity contribution < 1.29 is 9.53 Å². The molecule has 1 unspecified atom stereocenters. The van der Waals surface area contributed by atoms with Gasteiger partial charge >= 0.3 is 0 Å².